The molecule has 76 valence electrons. The van der Waals surface area contributed by atoms with E-state index in [1.54, 1.807) is 0 Å². The summed E-state index contributed by atoms with van der Waals surface area (Å²) in [5, 5.41) is 2.75. The second-order valence-corrected chi connectivity index (χ2v) is 3.11. The van der Waals surface area contributed by atoms with Crippen LogP contribution in [0.3, 0.4) is 0 Å². The smallest absolute Gasteiger partial charge is 0.0167 e. The molecule has 14 heavy (non-hydrogen) atoms. The highest BCUT2D eigenvalue weighted by atomic mass is 14.7. The lowest BCUT2D eigenvalue weighted by atomic mass is 10.1. The van der Waals surface area contributed by atoms with Crippen LogP contribution in [-0.2, 0) is 0 Å². The zero-order valence-electron chi connectivity index (χ0n) is 9.30. The molecule has 0 bridgehead atoms. The minimum Gasteiger partial charge on any atom is -0.323 e. The summed E-state index contributed by atoms with van der Waals surface area (Å²) in [7, 11) is 3.75. The highest BCUT2D eigenvalue weighted by molar-refractivity contribution is 5.63. The van der Waals surface area contributed by atoms with Gasteiger partial charge in [-0.1, -0.05) is 49.1 Å². The van der Waals surface area contributed by atoms with Gasteiger partial charge in [-0.15, -0.1) is 0 Å². The van der Waals surface area contributed by atoms with Crippen molar-refractivity contribution in [1.82, 2.24) is 5.32 Å². The monoisotopic (exact) mass is 189 g/mol. The molecule has 0 atom stereocenters. The van der Waals surface area contributed by atoms with E-state index >= 15 is 0 Å². The fourth-order valence-electron chi connectivity index (χ4n) is 0.904. The second kappa shape index (κ2) is 7.10. The summed E-state index contributed by atoms with van der Waals surface area (Å²) < 4.78 is 0. The largest absolute Gasteiger partial charge is 0.323 e. The van der Waals surface area contributed by atoms with E-state index in [2.05, 4.69) is 30.6 Å². The van der Waals surface area contributed by atoms with Crippen molar-refractivity contribution >= 4 is 11.6 Å². The third-order valence-corrected chi connectivity index (χ3v) is 1.64. The lowest BCUT2D eigenvalue weighted by molar-refractivity contribution is 1.02. The van der Waals surface area contributed by atoms with Crippen molar-refractivity contribution in [1.29, 1.82) is 0 Å². The molecule has 0 aliphatic carbocycles. The van der Waals surface area contributed by atoms with Crippen LogP contribution >= 0.6 is 0 Å². The summed E-state index contributed by atoms with van der Waals surface area (Å²) in [5.41, 5.74) is 3.44. The lowest BCUT2D eigenvalue weighted by Crippen LogP contribution is -1.89. The summed E-state index contributed by atoms with van der Waals surface area (Å²) in [6.45, 7) is 9.54. The molecular weight excluding hydrogens is 170 g/mol. The zero-order valence-corrected chi connectivity index (χ0v) is 9.30. The Hall–Kier alpha value is -1.34. The van der Waals surface area contributed by atoms with Crippen LogP contribution in [0.2, 0.25) is 0 Å². The average Bonchev–Trinajstić information content (AvgIpc) is 2.19. The normalized spacial score (nSPS) is 8.50. The van der Waals surface area contributed by atoms with Gasteiger partial charge in [0.2, 0.25) is 0 Å². The molecule has 0 fully saturated rings. The van der Waals surface area contributed by atoms with Gasteiger partial charge in [0.1, 0.15) is 0 Å². The van der Waals surface area contributed by atoms with Gasteiger partial charge in [0.05, 0.1) is 0 Å². The standard InChI is InChI=1S/C11H12.C2H7N/c1-4-10-5-7-11(8-6-10)9(2)3;1-3-2/h4-8H,1-2H2,3H3;3H,1-2H3. The Morgan fingerprint density at radius 3 is 1.93 bits per heavy atom. The van der Waals surface area contributed by atoms with Gasteiger partial charge in [-0.3, -0.25) is 0 Å². The number of benzene rings is 1. The van der Waals surface area contributed by atoms with Crippen molar-refractivity contribution in [3.05, 3.63) is 48.6 Å². The first-order chi connectivity index (χ1) is 6.65. The number of hydrogen-bond acceptors (Lipinski definition) is 1. The van der Waals surface area contributed by atoms with Crippen LogP contribution in [0.15, 0.2) is 37.4 Å². The molecule has 1 rings (SSSR count). The van der Waals surface area contributed by atoms with E-state index in [1.807, 2.05) is 39.2 Å². The minimum atomic E-state index is 1.10. The van der Waals surface area contributed by atoms with Gasteiger partial charge in [-0.2, -0.15) is 0 Å². The first-order valence-corrected chi connectivity index (χ1v) is 4.62. The van der Waals surface area contributed by atoms with Gasteiger partial charge in [0, 0.05) is 0 Å². The molecule has 0 amide bonds. The average molecular weight is 189 g/mol. The first-order valence-electron chi connectivity index (χ1n) is 4.62. The maximum absolute atomic E-state index is 3.86. The van der Waals surface area contributed by atoms with Gasteiger partial charge >= 0.3 is 0 Å². The molecular formula is C13H19N. The summed E-state index contributed by atoms with van der Waals surface area (Å²) in [5.74, 6) is 0. The highest BCUT2D eigenvalue weighted by Gasteiger charge is 1.90. The van der Waals surface area contributed by atoms with Crippen molar-refractivity contribution in [2.75, 3.05) is 14.1 Å². The van der Waals surface area contributed by atoms with Crippen LogP contribution in [-0.4, -0.2) is 14.1 Å². The Balaban J connectivity index is 0.000000500. The van der Waals surface area contributed by atoms with Crippen LogP contribution in [0, 0.1) is 0 Å². The van der Waals surface area contributed by atoms with E-state index in [0.29, 0.717) is 0 Å². The molecule has 0 saturated heterocycles. The number of hydrogen-bond donors (Lipinski definition) is 1. The molecule has 1 aromatic rings. The van der Waals surface area contributed by atoms with Crippen LogP contribution in [0.4, 0.5) is 0 Å². The van der Waals surface area contributed by atoms with E-state index in [-0.39, 0.29) is 0 Å². The summed E-state index contributed by atoms with van der Waals surface area (Å²) in [4.78, 5) is 0. The minimum absolute atomic E-state index is 1.10. The Morgan fingerprint density at radius 1 is 1.21 bits per heavy atom. The van der Waals surface area contributed by atoms with E-state index in [1.165, 1.54) is 5.56 Å². The predicted molar refractivity (Wildman–Crippen MR) is 66.2 cm³/mol. The van der Waals surface area contributed by atoms with Gasteiger partial charge < -0.3 is 5.32 Å². The molecule has 0 aliphatic rings. The third kappa shape index (κ3) is 4.63. The molecule has 1 aromatic carbocycles. The second-order valence-electron chi connectivity index (χ2n) is 3.11. The topological polar surface area (TPSA) is 12.0 Å². The van der Waals surface area contributed by atoms with Crippen molar-refractivity contribution < 1.29 is 0 Å². The molecule has 0 radical (unpaired) electrons. The van der Waals surface area contributed by atoms with Crippen molar-refractivity contribution in [2.45, 2.75) is 6.92 Å². The molecule has 0 unspecified atom stereocenters. The predicted octanol–water partition coefficient (Wildman–Crippen LogP) is 3.20. The molecule has 0 saturated carbocycles. The van der Waals surface area contributed by atoms with E-state index in [9.17, 15) is 0 Å². The maximum atomic E-state index is 3.86. The zero-order chi connectivity index (χ0) is 11.0. The first kappa shape index (κ1) is 12.7. The molecule has 1 N–H and O–H groups in total. The van der Waals surface area contributed by atoms with E-state index in [0.717, 1.165) is 11.1 Å². The van der Waals surface area contributed by atoms with Gasteiger partial charge in [-0.05, 0) is 32.1 Å². The maximum Gasteiger partial charge on any atom is -0.0167 e. The number of rotatable bonds is 2. The molecule has 1 heteroatoms. The van der Waals surface area contributed by atoms with Crippen LogP contribution < -0.4 is 5.32 Å². The van der Waals surface area contributed by atoms with Crippen molar-refractivity contribution in [3.63, 3.8) is 0 Å². The van der Waals surface area contributed by atoms with Crippen LogP contribution in [0.25, 0.3) is 11.6 Å². The Morgan fingerprint density at radius 2 is 1.64 bits per heavy atom. The molecule has 0 spiro atoms. The summed E-state index contributed by atoms with van der Waals surface area (Å²) >= 11 is 0. The van der Waals surface area contributed by atoms with E-state index < -0.39 is 0 Å². The van der Waals surface area contributed by atoms with Crippen LogP contribution in [0.5, 0.6) is 0 Å². The summed E-state index contributed by atoms with van der Waals surface area (Å²) in [6.07, 6.45) is 1.84. The molecule has 1 nitrogen and oxygen atoms in total. The van der Waals surface area contributed by atoms with Crippen molar-refractivity contribution in [3.8, 4) is 0 Å². The molecule has 0 heterocycles. The summed E-state index contributed by atoms with van der Waals surface area (Å²) in [6, 6.07) is 8.19. The van der Waals surface area contributed by atoms with Crippen LogP contribution in [0.1, 0.15) is 18.1 Å². The van der Waals surface area contributed by atoms with Gasteiger partial charge in [0.25, 0.3) is 0 Å². The Kier molecular flexibility index (Phi) is 6.42. The third-order valence-electron chi connectivity index (χ3n) is 1.64. The van der Waals surface area contributed by atoms with Gasteiger partial charge in [0.15, 0.2) is 0 Å². The number of nitrogens with one attached hydrogen (secondary N) is 1. The number of allylic oxidation sites excluding steroid dienone is 1. The fraction of sp³-hybridized carbons (Fsp3) is 0.231. The quantitative estimate of drug-likeness (QED) is 0.753. The molecule has 0 aliphatic heterocycles. The van der Waals surface area contributed by atoms with Crippen molar-refractivity contribution in [2.24, 2.45) is 0 Å². The van der Waals surface area contributed by atoms with Gasteiger partial charge in [-0.25, -0.2) is 0 Å². The Labute approximate surface area is 87.2 Å². The lowest BCUT2D eigenvalue weighted by Gasteiger charge is -1.98. The highest BCUT2D eigenvalue weighted by Crippen LogP contribution is 2.12. The fourth-order valence-corrected chi connectivity index (χ4v) is 0.904. The SMILES string of the molecule is C=Cc1ccc(C(=C)C)cc1.CNC. The molecule has 0 aromatic heterocycles. The van der Waals surface area contributed by atoms with E-state index in [4.69, 9.17) is 0 Å². The Bertz CT molecular complexity index is 283.